The van der Waals surface area contributed by atoms with Crippen molar-refractivity contribution in [3.05, 3.63) is 30.3 Å². The van der Waals surface area contributed by atoms with Gasteiger partial charge in [-0.1, -0.05) is 18.2 Å². The van der Waals surface area contributed by atoms with E-state index in [9.17, 15) is 0 Å². The third kappa shape index (κ3) is 12.8. The molecule has 0 saturated carbocycles. The molecule has 0 bridgehead atoms. The van der Waals surface area contributed by atoms with Gasteiger partial charge in [-0.15, -0.1) is 0 Å². The molecule has 6 N–H and O–H groups in total. The summed E-state index contributed by atoms with van der Waals surface area (Å²) in [6, 6.07) is 9.21. The first-order valence-electron chi connectivity index (χ1n) is 3.72. The Morgan fingerprint density at radius 1 is 1.13 bits per heavy atom. The first kappa shape index (κ1) is 13.8. The van der Waals surface area contributed by atoms with E-state index in [1.54, 1.807) is 12.1 Å². The lowest BCUT2D eigenvalue weighted by Crippen LogP contribution is -2.36. The average Bonchev–Trinajstić information content (AvgIpc) is 2.01. The molecule has 0 aliphatic heterocycles. The lowest BCUT2D eigenvalue weighted by atomic mass is 10.3. The highest BCUT2D eigenvalue weighted by Gasteiger charge is 1.93. The number of benzene rings is 1. The van der Waals surface area contributed by atoms with Crippen LogP contribution in [-0.4, -0.2) is 23.9 Å². The number of rotatable bonds is 2. The second-order valence-corrected chi connectivity index (χ2v) is 3.24. The lowest BCUT2D eigenvalue weighted by molar-refractivity contribution is 0.217. The molecule has 0 aliphatic rings. The van der Waals surface area contributed by atoms with Crippen LogP contribution >= 0.6 is 0 Å². The van der Waals surface area contributed by atoms with Crippen molar-refractivity contribution in [1.82, 2.24) is 0 Å². The molecule has 0 radical (unpaired) electrons. The molecular formula is C7H12N2O5S. The highest BCUT2D eigenvalue weighted by atomic mass is 32.3. The second-order valence-electron chi connectivity index (χ2n) is 2.34. The monoisotopic (exact) mass is 236 g/mol. The molecule has 7 nitrogen and oxygen atoms in total. The van der Waals surface area contributed by atoms with Crippen molar-refractivity contribution < 1.29 is 22.3 Å². The van der Waals surface area contributed by atoms with E-state index in [0.717, 1.165) is 0 Å². The SMILES string of the molecule is NC(N)Oc1ccccc1.O=S(=O)(O)O. The van der Waals surface area contributed by atoms with Gasteiger partial charge in [-0.2, -0.15) is 8.42 Å². The molecule has 8 heteroatoms. The van der Waals surface area contributed by atoms with Gasteiger partial charge < -0.3 is 4.74 Å². The Kier molecular flexibility index (Phi) is 5.82. The zero-order valence-electron chi connectivity index (χ0n) is 7.65. The third-order valence-corrected chi connectivity index (χ3v) is 1.02. The zero-order valence-corrected chi connectivity index (χ0v) is 8.46. The lowest BCUT2D eigenvalue weighted by Gasteiger charge is -2.07. The number of ether oxygens (including phenoxy) is 1. The van der Waals surface area contributed by atoms with E-state index in [4.69, 9.17) is 33.7 Å². The van der Waals surface area contributed by atoms with Gasteiger partial charge in [-0.3, -0.25) is 20.6 Å². The van der Waals surface area contributed by atoms with Gasteiger partial charge in [0.25, 0.3) is 0 Å². The van der Waals surface area contributed by atoms with Gasteiger partial charge in [-0.25, -0.2) is 0 Å². The fourth-order valence-corrected chi connectivity index (χ4v) is 0.656. The molecule has 1 aromatic rings. The second kappa shape index (κ2) is 6.32. The Hall–Kier alpha value is -1.19. The number of hydrogen-bond donors (Lipinski definition) is 4. The highest BCUT2D eigenvalue weighted by Crippen LogP contribution is 2.07. The Morgan fingerprint density at radius 2 is 1.53 bits per heavy atom. The maximum absolute atomic E-state index is 8.74. The molecular weight excluding hydrogens is 224 g/mol. The number of hydrogen-bond acceptors (Lipinski definition) is 5. The first-order chi connectivity index (χ1) is 6.79. The van der Waals surface area contributed by atoms with Gasteiger partial charge in [-0.05, 0) is 12.1 Å². The summed E-state index contributed by atoms with van der Waals surface area (Å²) in [7, 11) is -4.67. The van der Waals surface area contributed by atoms with Crippen LogP contribution in [0.1, 0.15) is 0 Å². The molecule has 0 heterocycles. The predicted molar refractivity (Wildman–Crippen MR) is 53.4 cm³/mol. The van der Waals surface area contributed by atoms with Gasteiger partial charge >= 0.3 is 10.4 Å². The molecule has 86 valence electrons. The zero-order chi connectivity index (χ0) is 11.9. The van der Waals surface area contributed by atoms with Gasteiger partial charge in [0.05, 0.1) is 0 Å². The highest BCUT2D eigenvalue weighted by molar-refractivity contribution is 7.79. The minimum atomic E-state index is -4.67. The van der Waals surface area contributed by atoms with E-state index in [2.05, 4.69) is 0 Å². The summed E-state index contributed by atoms with van der Waals surface area (Å²) in [4.78, 5) is 0. The Bertz CT molecular complexity index is 356. The van der Waals surface area contributed by atoms with Crippen LogP contribution < -0.4 is 16.2 Å². The molecule has 0 unspecified atom stereocenters. The molecule has 0 atom stereocenters. The quantitative estimate of drug-likeness (QED) is 0.405. The van der Waals surface area contributed by atoms with Crippen LogP contribution in [0.3, 0.4) is 0 Å². The Balaban J connectivity index is 0.000000336. The third-order valence-electron chi connectivity index (χ3n) is 1.02. The molecule has 0 amide bonds. The van der Waals surface area contributed by atoms with Crippen LogP contribution in [-0.2, 0) is 10.4 Å². The van der Waals surface area contributed by atoms with E-state index in [0.29, 0.717) is 5.75 Å². The van der Waals surface area contributed by atoms with E-state index in [1.165, 1.54) is 0 Å². The molecule has 0 saturated heterocycles. The fraction of sp³-hybridized carbons (Fsp3) is 0.143. The van der Waals surface area contributed by atoms with E-state index in [1.807, 2.05) is 18.2 Å². The molecule has 15 heavy (non-hydrogen) atoms. The summed E-state index contributed by atoms with van der Waals surface area (Å²) < 4.78 is 36.6. The van der Waals surface area contributed by atoms with Crippen LogP contribution in [0, 0.1) is 0 Å². The largest absolute Gasteiger partial charge is 0.463 e. The molecule has 1 aromatic carbocycles. The van der Waals surface area contributed by atoms with Crippen LogP contribution in [0.2, 0.25) is 0 Å². The Morgan fingerprint density at radius 3 is 1.87 bits per heavy atom. The summed E-state index contributed by atoms with van der Waals surface area (Å²) in [5, 5.41) is 0. The summed E-state index contributed by atoms with van der Waals surface area (Å²) in [5.74, 6) is 0.692. The summed E-state index contributed by atoms with van der Waals surface area (Å²) in [6.45, 7) is 0. The molecule has 0 fully saturated rings. The predicted octanol–water partition coefficient (Wildman–Crippen LogP) is -0.386. The van der Waals surface area contributed by atoms with Crippen molar-refractivity contribution >= 4 is 10.4 Å². The topological polar surface area (TPSA) is 136 Å². The van der Waals surface area contributed by atoms with E-state index >= 15 is 0 Å². The van der Waals surface area contributed by atoms with Crippen molar-refractivity contribution in [1.29, 1.82) is 0 Å². The molecule has 0 spiro atoms. The standard InChI is InChI=1S/C7H10N2O.H2O4S/c8-7(9)10-6-4-2-1-3-5-6;1-5(2,3)4/h1-5,7H,8-9H2;(H2,1,2,3,4). The van der Waals surface area contributed by atoms with Crippen molar-refractivity contribution in [3.8, 4) is 5.75 Å². The normalized spacial score (nSPS) is 10.5. The summed E-state index contributed by atoms with van der Waals surface area (Å²) >= 11 is 0. The summed E-state index contributed by atoms with van der Waals surface area (Å²) in [5.41, 5.74) is 10.4. The van der Waals surface area contributed by atoms with Crippen LogP contribution in [0.25, 0.3) is 0 Å². The van der Waals surface area contributed by atoms with Gasteiger partial charge in [0.2, 0.25) is 6.35 Å². The van der Waals surface area contributed by atoms with E-state index in [-0.39, 0.29) is 0 Å². The summed E-state index contributed by atoms with van der Waals surface area (Å²) in [6.07, 6.45) is -0.734. The van der Waals surface area contributed by atoms with Crippen molar-refractivity contribution in [2.24, 2.45) is 11.5 Å². The van der Waals surface area contributed by atoms with E-state index < -0.39 is 16.8 Å². The fourth-order valence-electron chi connectivity index (χ4n) is 0.656. The van der Waals surface area contributed by atoms with Crippen LogP contribution in [0.4, 0.5) is 0 Å². The minimum absolute atomic E-state index is 0.692. The van der Waals surface area contributed by atoms with Crippen molar-refractivity contribution in [3.63, 3.8) is 0 Å². The average molecular weight is 236 g/mol. The number of para-hydroxylation sites is 1. The van der Waals surface area contributed by atoms with Crippen LogP contribution in [0.5, 0.6) is 5.75 Å². The van der Waals surface area contributed by atoms with Gasteiger partial charge in [0.1, 0.15) is 5.75 Å². The molecule has 0 aliphatic carbocycles. The van der Waals surface area contributed by atoms with Crippen molar-refractivity contribution in [2.75, 3.05) is 0 Å². The maximum atomic E-state index is 8.74. The molecule has 1 rings (SSSR count). The Labute approximate surface area is 87.2 Å². The van der Waals surface area contributed by atoms with Crippen LogP contribution in [0.15, 0.2) is 30.3 Å². The first-order valence-corrected chi connectivity index (χ1v) is 5.11. The van der Waals surface area contributed by atoms with Gasteiger partial charge in [0.15, 0.2) is 0 Å². The number of nitrogens with two attached hydrogens (primary N) is 2. The molecule has 0 aromatic heterocycles. The minimum Gasteiger partial charge on any atom is -0.463 e. The maximum Gasteiger partial charge on any atom is 0.394 e. The van der Waals surface area contributed by atoms with Gasteiger partial charge in [0, 0.05) is 0 Å². The smallest absolute Gasteiger partial charge is 0.394 e. The van der Waals surface area contributed by atoms with Crippen molar-refractivity contribution in [2.45, 2.75) is 6.35 Å².